The Bertz CT molecular complexity index is 270. The van der Waals surface area contributed by atoms with Gasteiger partial charge in [-0.25, -0.2) is 0 Å². The first-order valence-corrected chi connectivity index (χ1v) is 4.57. The largest absolute Gasteiger partial charge is 0.361 e. The molecule has 13 heavy (non-hydrogen) atoms. The summed E-state index contributed by atoms with van der Waals surface area (Å²) in [5.41, 5.74) is 2.12. The molecule has 1 aliphatic heterocycles. The van der Waals surface area contributed by atoms with Crippen molar-refractivity contribution in [2.45, 2.75) is 26.8 Å². The van der Waals surface area contributed by atoms with Crippen LogP contribution in [-0.2, 0) is 11.4 Å². The van der Waals surface area contributed by atoms with Crippen molar-refractivity contribution in [3.05, 3.63) is 17.0 Å². The molecule has 0 bridgehead atoms. The quantitative estimate of drug-likeness (QED) is 0.693. The second-order valence-electron chi connectivity index (χ2n) is 3.35. The second kappa shape index (κ2) is 3.47. The van der Waals surface area contributed by atoms with Crippen molar-refractivity contribution >= 4 is 0 Å². The van der Waals surface area contributed by atoms with Crippen LogP contribution in [0.15, 0.2) is 4.52 Å². The molecule has 0 radical (unpaired) electrons. The average Bonchev–Trinajstić information content (AvgIpc) is 2.70. The van der Waals surface area contributed by atoms with E-state index < -0.39 is 0 Å². The smallest absolute Gasteiger partial charge is 0.138 e. The monoisotopic (exact) mass is 182 g/mol. The highest BCUT2D eigenvalue weighted by atomic mass is 16.7. The Labute approximate surface area is 77.4 Å². The van der Waals surface area contributed by atoms with Crippen LogP contribution in [0, 0.1) is 13.8 Å². The summed E-state index contributed by atoms with van der Waals surface area (Å²) >= 11 is 0. The number of hydrogen-bond acceptors (Lipinski definition) is 4. The summed E-state index contributed by atoms with van der Waals surface area (Å²) < 4.78 is 5.07. The van der Waals surface area contributed by atoms with Gasteiger partial charge in [0.25, 0.3) is 0 Å². The van der Waals surface area contributed by atoms with Gasteiger partial charge in [-0.05, 0) is 20.3 Å². The standard InChI is InChI=1S/C9H14N2O2/c1-7-9(8(2)13-10-7)6-11-4-3-5-12-11/h3-6H2,1-2H3. The van der Waals surface area contributed by atoms with Crippen molar-refractivity contribution in [1.29, 1.82) is 0 Å². The molecular formula is C9H14N2O2. The molecule has 0 saturated carbocycles. The van der Waals surface area contributed by atoms with Crippen LogP contribution in [0.2, 0.25) is 0 Å². The number of nitrogens with zero attached hydrogens (tertiary/aromatic N) is 2. The molecule has 0 N–H and O–H groups in total. The van der Waals surface area contributed by atoms with Gasteiger partial charge in [-0.1, -0.05) is 5.16 Å². The molecule has 1 aliphatic rings. The number of aryl methyl sites for hydroxylation is 2. The van der Waals surface area contributed by atoms with E-state index in [1.54, 1.807) is 0 Å². The second-order valence-corrected chi connectivity index (χ2v) is 3.35. The van der Waals surface area contributed by atoms with Crippen molar-refractivity contribution in [3.63, 3.8) is 0 Å². The Balaban J connectivity index is 2.07. The van der Waals surface area contributed by atoms with Gasteiger partial charge >= 0.3 is 0 Å². The SMILES string of the molecule is Cc1noc(C)c1CN1CCCO1. The predicted octanol–water partition coefficient (Wildman–Crippen LogP) is 1.43. The molecule has 0 aromatic carbocycles. The van der Waals surface area contributed by atoms with E-state index >= 15 is 0 Å². The molecule has 0 spiro atoms. The number of hydrogen-bond donors (Lipinski definition) is 0. The van der Waals surface area contributed by atoms with E-state index in [0.29, 0.717) is 0 Å². The molecule has 2 rings (SSSR count). The van der Waals surface area contributed by atoms with Gasteiger partial charge in [0.15, 0.2) is 0 Å². The summed E-state index contributed by atoms with van der Waals surface area (Å²) in [6.45, 7) is 6.53. The van der Waals surface area contributed by atoms with E-state index in [0.717, 1.165) is 43.1 Å². The van der Waals surface area contributed by atoms with Crippen molar-refractivity contribution in [2.24, 2.45) is 0 Å². The van der Waals surface area contributed by atoms with Gasteiger partial charge in [-0.2, -0.15) is 5.06 Å². The Morgan fingerprint density at radius 3 is 2.85 bits per heavy atom. The van der Waals surface area contributed by atoms with Crippen LogP contribution >= 0.6 is 0 Å². The van der Waals surface area contributed by atoms with Gasteiger partial charge in [0.2, 0.25) is 0 Å². The summed E-state index contributed by atoms with van der Waals surface area (Å²) in [6, 6.07) is 0. The summed E-state index contributed by atoms with van der Waals surface area (Å²) in [4.78, 5) is 5.40. The Morgan fingerprint density at radius 1 is 1.46 bits per heavy atom. The highest BCUT2D eigenvalue weighted by Crippen LogP contribution is 2.17. The van der Waals surface area contributed by atoms with Crippen molar-refractivity contribution in [2.75, 3.05) is 13.2 Å². The summed E-state index contributed by atoms with van der Waals surface area (Å²) in [6.07, 6.45) is 1.11. The minimum absolute atomic E-state index is 0.793. The number of rotatable bonds is 2. The zero-order valence-corrected chi connectivity index (χ0v) is 8.04. The summed E-state index contributed by atoms with van der Waals surface area (Å²) in [5, 5.41) is 5.87. The normalized spacial score (nSPS) is 18.3. The fourth-order valence-electron chi connectivity index (χ4n) is 1.53. The fourth-order valence-corrected chi connectivity index (χ4v) is 1.53. The van der Waals surface area contributed by atoms with E-state index in [4.69, 9.17) is 9.36 Å². The molecule has 1 saturated heterocycles. The van der Waals surface area contributed by atoms with Crippen LogP contribution in [0.3, 0.4) is 0 Å². The van der Waals surface area contributed by atoms with E-state index in [-0.39, 0.29) is 0 Å². The highest BCUT2D eigenvalue weighted by Gasteiger charge is 2.17. The third kappa shape index (κ3) is 1.73. The maximum Gasteiger partial charge on any atom is 0.138 e. The first kappa shape index (κ1) is 8.72. The molecule has 72 valence electrons. The van der Waals surface area contributed by atoms with Crippen LogP contribution in [-0.4, -0.2) is 23.4 Å². The Kier molecular flexibility index (Phi) is 2.33. The van der Waals surface area contributed by atoms with Crippen LogP contribution in [0.5, 0.6) is 0 Å². The molecule has 0 atom stereocenters. The number of aromatic nitrogens is 1. The Hall–Kier alpha value is -0.870. The molecule has 4 heteroatoms. The third-order valence-electron chi connectivity index (χ3n) is 2.34. The molecule has 2 heterocycles. The lowest BCUT2D eigenvalue weighted by Gasteiger charge is -2.12. The molecule has 1 aromatic rings. The van der Waals surface area contributed by atoms with Gasteiger partial charge in [-0.15, -0.1) is 0 Å². The fraction of sp³-hybridized carbons (Fsp3) is 0.667. The molecule has 1 aromatic heterocycles. The van der Waals surface area contributed by atoms with Gasteiger partial charge in [0, 0.05) is 12.1 Å². The zero-order valence-electron chi connectivity index (χ0n) is 8.04. The van der Waals surface area contributed by atoms with Gasteiger partial charge in [0.05, 0.1) is 18.8 Å². The minimum Gasteiger partial charge on any atom is -0.361 e. The number of hydroxylamine groups is 2. The maximum absolute atomic E-state index is 5.40. The van der Waals surface area contributed by atoms with Crippen LogP contribution in [0.4, 0.5) is 0 Å². The highest BCUT2D eigenvalue weighted by molar-refractivity contribution is 5.20. The molecule has 0 amide bonds. The van der Waals surface area contributed by atoms with E-state index in [2.05, 4.69) is 5.16 Å². The Morgan fingerprint density at radius 2 is 2.31 bits per heavy atom. The molecular weight excluding hydrogens is 168 g/mol. The first-order valence-electron chi connectivity index (χ1n) is 4.57. The van der Waals surface area contributed by atoms with Crippen molar-refractivity contribution in [3.8, 4) is 0 Å². The lowest BCUT2D eigenvalue weighted by atomic mass is 10.2. The lowest BCUT2D eigenvalue weighted by molar-refractivity contribution is -0.117. The maximum atomic E-state index is 5.40. The van der Waals surface area contributed by atoms with Crippen LogP contribution in [0.25, 0.3) is 0 Å². The summed E-state index contributed by atoms with van der Waals surface area (Å²) in [7, 11) is 0. The average molecular weight is 182 g/mol. The first-order chi connectivity index (χ1) is 6.27. The zero-order chi connectivity index (χ0) is 9.26. The lowest BCUT2D eigenvalue weighted by Crippen LogP contribution is -2.17. The molecule has 1 fully saturated rings. The van der Waals surface area contributed by atoms with Crippen molar-refractivity contribution < 1.29 is 9.36 Å². The van der Waals surface area contributed by atoms with Crippen LogP contribution < -0.4 is 0 Å². The van der Waals surface area contributed by atoms with E-state index in [1.807, 2.05) is 18.9 Å². The van der Waals surface area contributed by atoms with Gasteiger partial charge < -0.3 is 4.52 Å². The molecule has 0 unspecified atom stereocenters. The minimum atomic E-state index is 0.793. The molecule has 0 aliphatic carbocycles. The van der Waals surface area contributed by atoms with Crippen LogP contribution in [0.1, 0.15) is 23.4 Å². The van der Waals surface area contributed by atoms with Gasteiger partial charge in [-0.3, -0.25) is 4.84 Å². The predicted molar refractivity (Wildman–Crippen MR) is 47.0 cm³/mol. The van der Waals surface area contributed by atoms with Crippen molar-refractivity contribution in [1.82, 2.24) is 10.2 Å². The van der Waals surface area contributed by atoms with E-state index in [9.17, 15) is 0 Å². The third-order valence-corrected chi connectivity index (χ3v) is 2.34. The topological polar surface area (TPSA) is 38.5 Å². The molecule has 4 nitrogen and oxygen atoms in total. The van der Waals surface area contributed by atoms with E-state index in [1.165, 1.54) is 0 Å². The summed E-state index contributed by atoms with van der Waals surface area (Å²) in [5.74, 6) is 0.896. The van der Waals surface area contributed by atoms with Gasteiger partial charge in [0.1, 0.15) is 5.76 Å².